The molecule has 210 valence electrons. The van der Waals surface area contributed by atoms with E-state index < -0.39 is 11.7 Å². The second-order valence-electron chi connectivity index (χ2n) is 11.2. The molecule has 1 atom stereocenters. The number of H-pyrrole nitrogens is 1. The average molecular weight is 551 g/mol. The molecule has 1 unspecified atom stereocenters. The van der Waals surface area contributed by atoms with Gasteiger partial charge in [-0.2, -0.15) is 0 Å². The molecule has 2 amide bonds. The maximum Gasteiger partial charge on any atom is 0.416 e. The minimum atomic E-state index is -0.592. The molecule has 1 aromatic carbocycles. The molecule has 1 aliphatic carbocycles. The first-order valence-electron chi connectivity index (χ1n) is 13.8. The molecule has 0 saturated carbocycles. The van der Waals surface area contributed by atoms with E-state index in [4.69, 9.17) is 9.47 Å². The van der Waals surface area contributed by atoms with Crippen LogP contribution in [-0.4, -0.2) is 88.8 Å². The fraction of sp³-hybridized carbons (Fsp3) is 0.519. The van der Waals surface area contributed by atoms with Gasteiger partial charge in [0.15, 0.2) is 24.1 Å². The van der Waals surface area contributed by atoms with Crippen molar-refractivity contribution in [1.29, 1.82) is 0 Å². The summed E-state index contributed by atoms with van der Waals surface area (Å²) in [5, 5.41) is 5.72. The number of likely N-dealkylation sites (N-methyl/N-ethyl adjacent to an activating group) is 1. The number of carbonyl (C=O) groups excluding carboxylic acids is 2. The highest BCUT2D eigenvalue weighted by molar-refractivity contribution is 5.94. The van der Waals surface area contributed by atoms with Crippen LogP contribution in [0.4, 0.5) is 20.8 Å². The van der Waals surface area contributed by atoms with E-state index in [0.717, 1.165) is 56.0 Å². The largest absolute Gasteiger partial charge is 0.465 e. The van der Waals surface area contributed by atoms with Crippen LogP contribution in [0.2, 0.25) is 0 Å². The van der Waals surface area contributed by atoms with Crippen molar-refractivity contribution >= 4 is 34.7 Å². The number of piperidine rings is 1. The van der Waals surface area contributed by atoms with Crippen molar-refractivity contribution < 1.29 is 23.5 Å². The van der Waals surface area contributed by atoms with Crippen LogP contribution < -0.4 is 20.3 Å². The Bertz CT molecular complexity index is 1500. The molecule has 2 fully saturated rings. The molecule has 4 aliphatic rings. The van der Waals surface area contributed by atoms with Crippen molar-refractivity contribution in [3.63, 3.8) is 0 Å². The number of fused-ring (bicyclic) bond motifs is 3. The number of carbonyl (C=O) groups is 2. The molecule has 12 nitrogen and oxygen atoms in total. The molecule has 3 aliphatic heterocycles. The Morgan fingerprint density at radius 3 is 2.90 bits per heavy atom. The minimum Gasteiger partial charge on any atom is -0.465 e. The van der Waals surface area contributed by atoms with Crippen LogP contribution in [0.1, 0.15) is 29.8 Å². The number of hydrogen-bond donors (Lipinski definition) is 3. The summed E-state index contributed by atoms with van der Waals surface area (Å²) in [6.07, 6.45) is 4.67. The lowest BCUT2D eigenvalue weighted by atomic mass is 9.90. The summed E-state index contributed by atoms with van der Waals surface area (Å²) in [5.74, 6) is 1.41. The third-order valence-electron chi connectivity index (χ3n) is 8.43. The van der Waals surface area contributed by atoms with Crippen molar-refractivity contribution in [2.45, 2.75) is 37.7 Å². The predicted octanol–water partition coefficient (Wildman–Crippen LogP) is 1.79. The van der Waals surface area contributed by atoms with Crippen molar-refractivity contribution in [2.75, 3.05) is 56.6 Å². The van der Waals surface area contributed by atoms with E-state index >= 15 is 4.39 Å². The van der Waals surface area contributed by atoms with Crippen molar-refractivity contribution in [3.05, 3.63) is 35.0 Å². The number of aromatic amines is 1. The Hall–Kier alpha value is -3.84. The first-order chi connectivity index (χ1) is 19.4. The Labute approximate surface area is 229 Å². The maximum absolute atomic E-state index is 15.4. The molecule has 0 bridgehead atoms. The zero-order valence-electron chi connectivity index (χ0n) is 22.3. The monoisotopic (exact) mass is 550 g/mol. The number of halogens is 1. The van der Waals surface area contributed by atoms with Crippen LogP contribution in [0.25, 0.3) is 11.0 Å². The van der Waals surface area contributed by atoms with E-state index in [1.807, 2.05) is 13.1 Å². The summed E-state index contributed by atoms with van der Waals surface area (Å²) in [4.78, 5) is 44.7. The van der Waals surface area contributed by atoms with Gasteiger partial charge in [-0.05, 0) is 43.0 Å². The van der Waals surface area contributed by atoms with Crippen molar-refractivity contribution in [3.8, 4) is 5.88 Å². The topological polar surface area (TPSA) is 138 Å². The summed E-state index contributed by atoms with van der Waals surface area (Å²) < 4.78 is 26.5. The van der Waals surface area contributed by atoms with Crippen LogP contribution in [0, 0.1) is 11.7 Å². The number of ether oxygens (including phenoxy) is 2. The van der Waals surface area contributed by atoms with E-state index in [-0.39, 0.29) is 30.0 Å². The zero-order valence-corrected chi connectivity index (χ0v) is 22.3. The van der Waals surface area contributed by atoms with Gasteiger partial charge < -0.3 is 30.0 Å². The van der Waals surface area contributed by atoms with Crippen LogP contribution in [-0.2, 0) is 28.8 Å². The molecular weight excluding hydrogens is 519 g/mol. The highest BCUT2D eigenvalue weighted by atomic mass is 19.1. The van der Waals surface area contributed by atoms with E-state index in [2.05, 4.69) is 35.5 Å². The third-order valence-corrected chi connectivity index (χ3v) is 8.43. The molecule has 3 N–H and O–H groups in total. The number of nitrogens with one attached hydrogen (secondary N) is 3. The van der Waals surface area contributed by atoms with Gasteiger partial charge in [0.25, 0.3) is 11.8 Å². The van der Waals surface area contributed by atoms with Crippen molar-refractivity contribution in [1.82, 2.24) is 30.2 Å². The average Bonchev–Trinajstić information content (AvgIpc) is 3.64. The van der Waals surface area contributed by atoms with Crippen LogP contribution in [0.3, 0.4) is 0 Å². The van der Waals surface area contributed by atoms with E-state index in [9.17, 15) is 9.59 Å². The number of hydrogen-bond acceptors (Lipinski definition) is 9. The Morgan fingerprint density at radius 2 is 2.08 bits per heavy atom. The third kappa shape index (κ3) is 4.42. The molecule has 13 heteroatoms. The normalized spacial score (nSPS) is 21.9. The van der Waals surface area contributed by atoms with Gasteiger partial charge in [-0.1, -0.05) is 0 Å². The summed E-state index contributed by atoms with van der Waals surface area (Å²) in [6, 6.07) is 2.05. The second kappa shape index (κ2) is 9.66. The summed E-state index contributed by atoms with van der Waals surface area (Å²) in [7, 11) is 1.89. The quantitative estimate of drug-likeness (QED) is 0.419. The molecule has 2 aromatic heterocycles. The van der Waals surface area contributed by atoms with Gasteiger partial charge in [-0.3, -0.25) is 9.69 Å². The Balaban J connectivity index is 0.972. The van der Waals surface area contributed by atoms with Gasteiger partial charge in [0.05, 0.1) is 18.3 Å². The first kappa shape index (κ1) is 25.1. The molecule has 3 aromatic rings. The number of anilines is 2. The molecule has 5 heterocycles. The van der Waals surface area contributed by atoms with Gasteiger partial charge in [0.2, 0.25) is 0 Å². The standard InChI is InChI=1S/C27H31FN8O4/c1-29-5-2-19-31-18-10-16-8-15(9-17(16)22(28)23(18)32-19)12-35-6-3-27(4-7-35)14-36(26(38)40-27)20-11-30-25-24(33-20)34-21(37)13-39-25/h10-11,15,29H,2-9,12-14H2,1H3,(H,31,32)(H,33,34,37). The van der Waals surface area contributed by atoms with Gasteiger partial charge in [0, 0.05) is 45.4 Å². The Morgan fingerprint density at radius 1 is 1.23 bits per heavy atom. The molecule has 2 saturated heterocycles. The fourth-order valence-corrected chi connectivity index (χ4v) is 6.38. The molecule has 1 spiro atoms. The molecule has 7 rings (SSSR count). The lowest BCUT2D eigenvalue weighted by Gasteiger charge is -2.38. The van der Waals surface area contributed by atoms with Crippen LogP contribution >= 0.6 is 0 Å². The van der Waals surface area contributed by atoms with E-state index in [1.54, 1.807) is 0 Å². The van der Waals surface area contributed by atoms with Gasteiger partial charge in [0.1, 0.15) is 16.9 Å². The highest BCUT2D eigenvalue weighted by Crippen LogP contribution is 2.38. The van der Waals surface area contributed by atoms with Crippen LogP contribution in [0.15, 0.2) is 12.3 Å². The van der Waals surface area contributed by atoms with Gasteiger partial charge >= 0.3 is 6.09 Å². The summed E-state index contributed by atoms with van der Waals surface area (Å²) in [6.45, 7) is 3.49. The summed E-state index contributed by atoms with van der Waals surface area (Å²) in [5.41, 5.74) is 2.49. The molecule has 0 radical (unpaired) electrons. The minimum absolute atomic E-state index is 0.111. The predicted molar refractivity (Wildman–Crippen MR) is 143 cm³/mol. The van der Waals surface area contributed by atoms with Crippen molar-refractivity contribution in [2.24, 2.45) is 5.92 Å². The highest BCUT2D eigenvalue weighted by Gasteiger charge is 2.48. The molecule has 40 heavy (non-hydrogen) atoms. The fourth-order valence-electron chi connectivity index (χ4n) is 6.38. The maximum atomic E-state index is 15.4. The smallest absolute Gasteiger partial charge is 0.416 e. The number of rotatable bonds is 6. The van der Waals surface area contributed by atoms with E-state index in [1.165, 1.54) is 11.1 Å². The Kier molecular flexibility index (Phi) is 6.08. The van der Waals surface area contributed by atoms with Gasteiger partial charge in [-0.15, -0.1) is 0 Å². The lowest BCUT2D eigenvalue weighted by Crippen LogP contribution is -2.48. The lowest BCUT2D eigenvalue weighted by molar-refractivity contribution is -0.118. The second-order valence-corrected chi connectivity index (χ2v) is 11.2. The number of likely N-dealkylation sites (tertiary alicyclic amines) is 1. The van der Waals surface area contributed by atoms with Crippen LogP contribution in [0.5, 0.6) is 5.88 Å². The SMILES string of the molecule is CNCCc1nc2cc3c(c(F)c2[nH]1)CC(CN1CCC2(CC1)CN(c1cnc4c(n1)NC(=O)CO4)C(=O)O2)C3. The number of aromatic nitrogens is 4. The van der Waals surface area contributed by atoms with E-state index in [0.29, 0.717) is 48.6 Å². The first-order valence-corrected chi connectivity index (χ1v) is 13.8. The number of benzene rings is 1. The number of imidazole rings is 1. The zero-order chi connectivity index (χ0) is 27.4. The molecular formula is C27H31FN8O4. The number of amides is 2. The number of nitrogens with zero attached hydrogens (tertiary/aromatic N) is 5. The van der Waals surface area contributed by atoms with Gasteiger partial charge in [-0.25, -0.2) is 24.1 Å². The summed E-state index contributed by atoms with van der Waals surface area (Å²) >= 11 is 0.